The minimum Gasteiger partial charge on any atom is -0.493 e. The molecule has 4 nitrogen and oxygen atoms in total. The van der Waals surface area contributed by atoms with Crippen LogP contribution in [0, 0.1) is 5.92 Å². The summed E-state index contributed by atoms with van der Waals surface area (Å²) in [5.41, 5.74) is 1.04. The summed E-state index contributed by atoms with van der Waals surface area (Å²) in [7, 11) is 5.03. The average Bonchev–Trinajstić information content (AvgIpc) is 3.22. The highest BCUT2D eigenvalue weighted by Crippen LogP contribution is 2.36. The zero-order valence-electron chi connectivity index (χ0n) is 11.2. The van der Waals surface area contributed by atoms with Crippen molar-refractivity contribution in [1.82, 2.24) is 0 Å². The summed E-state index contributed by atoms with van der Waals surface area (Å²) in [6.07, 6.45) is 2.57. The SMILES string of the molecule is COCC(Nc1ccc(OC)c(OC)c1)C1CC1. The van der Waals surface area contributed by atoms with Gasteiger partial charge < -0.3 is 19.5 Å². The average molecular weight is 251 g/mol. The molecule has 1 unspecified atom stereocenters. The molecule has 0 aromatic heterocycles. The molecule has 0 amide bonds. The van der Waals surface area contributed by atoms with Gasteiger partial charge in [-0.2, -0.15) is 0 Å². The number of methoxy groups -OCH3 is 3. The van der Waals surface area contributed by atoms with Gasteiger partial charge in [-0.25, -0.2) is 0 Å². The molecule has 0 radical (unpaired) electrons. The molecular formula is C14H21NO3. The van der Waals surface area contributed by atoms with Crippen LogP contribution < -0.4 is 14.8 Å². The number of hydrogen-bond acceptors (Lipinski definition) is 4. The van der Waals surface area contributed by atoms with Crippen LogP contribution >= 0.6 is 0 Å². The monoisotopic (exact) mass is 251 g/mol. The second-order valence-electron chi connectivity index (χ2n) is 4.61. The summed E-state index contributed by atoms with van der Waals surface area (Å²) in [5.74, 6) is 2.23. The van der Waals surface area contributed by atoms with Crippen LogP contribution in [0.15, 0.2) is 18.2 Å². The highest BCUT2D eigenvalue weighted by molar-refractivity contribution is 5.55. The summed E-state index contributed by atoms with van der Waals surface area (Å²) in [6.45, 7) is 0.735. The molecule has 0 saturated heterocycles. The van der Waals surface area contributed by atoms with Gasteiger partial charge in [0.1, 0.15) is 0 Å². The number of ether oxygens (including phenoxy) is 3. The Balaban J connectivity index is 2.07. The minimum absolute atomic E-state index is 0.383. The van der Waals surface area contributed by atoms with Gasteiger partial charge in [-0.15, -0.1) is 0 Å². The van der Waals surface area contributed by atoms with Crippen molar-refractivity contribution in [2.24, 2.45) is 5.92 Å². The normalized spacial score (nSPS) is 16.2. The third-order valence-corrected chi connectivity index (χ3v) is 3.27. The predicted octanol–water partition coefficient (Wildman–Crippen LogP) is 2.54. The van der Waals surface area contributed by atoms with Crippen molar-refractivity contribution in [3.63, 3.8) is 0 Å². The maximum absolute atomic E-state index is 5.30. The van der Waals surface area contributed by atoms with E-state index in [4.69, 9.17) is 14.2 Å². The molecular weight excluding hydrogens is 230 g/mol. The summed E-state index contributed by atoms with van der Waals surface area (Å²) in [4.78, 5) is 0. The molecule has 1 N–H and O–H groups in total. The van der Waals surface area contributed by atoms with E-state index in [2.05, 4.69) is 5.32 Å². The first-order valence-electron chi connectivity index (χ1n) is 6.26. The van der Waals surface area contributed by atoms with Crippen molar-refractivity contribution >= 4 is 5.69 Å². The van der Waals surface area contributed by atoms with Gasteiger partial charge in [-0.1, -0.05) is 0 Å². The molecule has 18 heavy (non-hydrogen) atoms. The van der Waals surface area contributed by atoms with E-state index in [-0.39, 0.29) is 0 Å². The topological polar surface area (TPSA) is 39.7 Å². The number of rotatable bonds is 7. The first kappa shape index (κ1) is 13.0. The third kappa shape index (κ3) is 3.07. The smallest absolute Gasteiger partial charge is 0.162 e. The van der Waals surface area contributed by atoms with Crippen molar-refractivity contribution in [3.05, 3.63) is 18.2 Å². The molecule has 0 spiro atoms. The van der Waals surface area contributed by atoms with E-state index in [0.29, 0.717) is 6.04 Å². The Bertz CT molecular complexity index is 391. The largest absolute Gasteiger partial charge is 0.493 e. The van der Waals surface area contributed by atoms with Crippen LogP contribution in [-0.2, 0) is 4.74 Å². The molecule has 1 aliphatic rings. The Morgan fingerprint density at radius 2 is 1.89 bits per heavy atom. The lowest BCUT2D eigenvalue weighted by Crippen LogP contribution is -2.27. The van der Waals surface area contributed by atoms with E-state index in [1.165, 1.54) is 12.8 Å². The van der Waals surface area contributed by atoms with Gasteiger partial charge in [-0.05, 0) is 30.9 Å². The predicted molar refractivity (Wildman–Crippen MR) is 71.6 cm³/mol. The van der Waals surface area contributed by atoms with Crippen molar-refractivity contribution < 1.29 is 14.2 Å². The molecule has 4 heteroatoms. The number of hydrogen-bond donors (Lipinski definition) is 1. The summed E-state index contributed by atoms with van der Waals surface area (Å²) >= 11 is 0. The summed E-state index contributed by atoms with van der Waals surface area (Å²) in [5, 5.41) is 3.51. The Morgan fingerprint density at radius 3 is 2.44 bits per heavy atom. The highest BCUT2D eigenvalue weighted by atomic mass is 16.5. The maximum atomic E-state index is 5.30. The standard InChI is InChI=1S/C14H21NO3/c1-16-9-12(10-4-5-10)15-11-6-7-13(17-2)14(8-11)18-3/h6-8,10,12,15H,4-5,9H2,1-3H3. The fourth-order valence-electron chi connectivity index (χ4n) is 2.11. The van der Waals surface area contributed by atoms with Gasteiger partial charge in [0, 0.05) is 18.9 Å². The van der Waals surface area contributed by atoms with Gasteiger partial charge in [-0.3, -0.25) is 0 Å². The van der Waals surface area contributed by atoms with Crippen molar-refractivity contribution in [2.45, 2.75) is 18.9 Å². The lowest BCUT2D eigenvalue weighted by atomic mass is 10.2. The molecule has 1 fully saturated rings. The third-order valence-electron chi connectivity index (χ3n) is 3.27. The quantitative estimate of drug-likeness (QED) is 0.808. The molecule has 2 rings (SSSR count). The molecule has 0 heterocycles. The fourth-order valence-corrected chi connectivity index (χ4v) is 2.11. The molecule has 1 aromatic rings. The summed E-state index contributed by atoms with van der Waals surface area (Å²) < 4.78 is 15.8. The zero-order chi connectivity index (χ0) is 13.0. The van der Waals surface area contributed by atoms with Gasteiger partial charge in [0.05, 0.1) is 26.9 Å². The number of benzene rings is 1. The molecule has 0 aliphatic heterocycles. The van der Waals surface area contributed by atoms with Gasteiger partial charge in [0.25, 0.3) is 0 Å². The Labute approximate surface area is 108 Å². The van der Waals surface area contributed by atoms with Gasteiger partial charge in [0.2, 0.25) is 0 Å². The lowest BCUT2D eigenvalue weighted by molar-refractivity contribution is 0.179. The van der Waals surface area contributed by atoms with E-state index in [1.807, 2.05) is 18.2 Å². The van der Waals surface area contributed by atoms with Crippen LogP contribution in [-0.4, -0.2) is 34.0 Å². The molecule has 100 valence electrons. The van der Waals surface area contributed by atoms with Crippen molar-refractivity contribution in [2.75, 3.05) is 33.3 Å². The molecule has 1 saturated carbocycles. The van der Waals surface area contributed by atoms with Crippen LogP contribution in [0.4, 0.5) is 5.69 Å². The summed E-state index contributed by atoms with van der Waals surface area (Å²) in [6, 6.07) is 6.27. The highest BCUT2D eigenvalue weighted by Gasteiger charge is 2.31. The van der Waals surface area contributed by atoms with Crippen LogP contribution in [0.5, 0.6) is 11.5 Å². The maximum Gasteiger partial charge on any atom is 0.162 e. The molecule has 1 aromatic carbocycles. The van der Waals surface area contributed by atoms with Crippen molar-refractivity contribution in [1.29, 1.82) is 0 Å². The zero-order valence-corrected chi connectivity index (χ0v) is 11.2. The van der Waals surface area contributed by atoms with Crippen LogP contribution in [0.1, 0.15) is 12.8 Å². The second-order valence-corrected chi connectivity index (χ2v) is 4.61. The van der Waals surface area contributed by atoms with E-state index < -0.39 is 0 Å². The first-order chi connectivity index (χ1) is 8.78. The Morgan fingerprint density at radius 1 is 1.17 bits per heavy atom. The van der Waals surface area contributed by atoms with Crippen LogP contribution in [0.25, 0.3) is 0 Å². The number of nitrogens with one attached hydrogen (secondary N) is 1. The molecule has 0 bridgehead atoms. The lowest BCUT2D eigenvalue weighted by Gasteiger charge is -2.19. The first-order valence-corrected chi connectivity index (χ1v) is 6.26. The van der Waals surface area contributed by atoms with E-state index in [0.717, 1.165) is 29.7 Å². The Hall–Kier alpha value is -1.42. The van der Waals surface area contributed by atoms with E-state index in [1.54, 1.807) is 21.3 Å². The molecule has 1 atom stereocenters. The fraction of sp³-hybridized carbons (Fsp3) is 0.571. The van der Waals surface area contributed by atoms with Crippen LogP contribution in [0.3, 0.4) is 0 Å². The van der Waals surface area contributed by atoms with Crippen LogP contribution in [0.2, 0.25) is 0 Å². The van der Waals surface area contributed by atoms with E-state index >= 15 is 0 Å². The minimum atomic E-state index is 0.383. The molecule has 1 aliphatic carbocycles. The Kier molecular flexibility index (Phi) is 4.31. The van der Waals surface area contributed by atoms with Gasteiger partial charge in [0.15, 0.2) is 11.5 Å². The van der Waals surface area contributed by atoms with E-state index in [9.17, 15) is 0 Å². The van der Waals surface area contributed by atoms with Crippen molar-refractivity contribution in [3.8, 4) is 11.5 Å². The second kappa shape index (κ2) is 5.96. The van der Waals surface area contributed by atoms with Gasteiger partial charge >= 0.3 is 0 Å². The number of anilines is 1.